The minimum Gasteiger partial charge on any atom is -0.409 e. The van der Waals surface area contributed by atoms with E-state index in [0.29, 0.717) is 24.1 Å². The molecule has 0 aliphatic heterocycles. The highest BCUT2D eigenvalue weighted by Gasteiger charge is 2.06. The van der Waals surface area contributed by atoms with E-state index in [-0.39, 0.29) is 11.7 Å². The van der Waals surface area contributed by atoms with Gasteiger partial charge in [0, 0.05) is 37.3 Å². The van der Waals surface area contributed by atoms with Crippen molar-refractivity contribution in [2.45, 2.75) is 6.42 Å². The van der Waals surface area contributed by atoms with E-state index in [1.165, 1.54) is 0 Å². The second-order valence-corrected chi connectivity index (χ2v) is 4.55. The Labute approximate surface area is 122 Å². The Kier molecular flexibility index (Phi) is 4.55. The molecule has 21 heavy (non-hydrogen) atoms. The highest BCUT2D eigenvalue weighted by molar-refractivity contribution is 5.99. The summed E-state index contributed by atoms with van der Waals surface area (Å²) >= 11 is 0. The van der Waals surface area contributed by atoms with Gasteiger partial charge in [-0.05, 0) is 18.2 Å². The predicted octanol–water partition coefficient (Wildman–Crippen LogP) is 0.487. The molecule has 0 aliphatic rings. The van der Waals surface area contributed by atoms with Gasteiger partial charge in [-0.3, -0.25) is 9.48 Å². The topological polar surface area (TPSA) is 106 Å². The van der Waals surface area contributed by atoms with Crippen LogP contribution in [0.15, 0.2) is 41.7 Å². The monoisotopic (exact) mass is 287 g/mol. The highest BCUT2D eigenvalue weighted by atomic mass is 16.4. The van der Waals surface area contributed by atoms with E-state index >= 15 is 0 Å². The van der Waals surface area contributed by atoms with Crippen LogP contribution in [0.5, 0.6) is 0 Å². The van der Waals surface area contributed by atoms with Gasteiger partial charge in [0.15, 0.2) is 5.84 Å². The maximum absolute atomic E-state index is 11.9. The van der Waals surface area contributed by atoms with Gasteiger partial charge in [-0.2, -0.15) is 5.10 Å². The molecular weight excluding hydrogens is 270 g/mol. The van der Waals surface area contributed by atoms with Crippen molar-refractivity contribution in [3.05, 3.63) is 53.3 Å². The molecule has 7 heteroatoms. The molecule has 0 aliphatic carbocycles. The van der Waals surface area contributed by atoms with Crippen LogP contribution in [-0.4, -0.2) is 33.3 Å². The Balaban J connectivity index is 1.88. The molecule has 2 aromatic rings. The van der Waals surface area contributed by atoms with Gasteiger partial charge >= 0.3 is 0 Å². The first-order valence-corrected chi connectivity index (χ1v) is 6.45. The highest BCUT2D eigenvalue weighted by Crippen LogP contribution is 2.04. The van der Waals surface area contributed by atoms with Gasteiger partial charge < -0.3 is 16.3 Å². The normalized spacial score (nSPS) is 11.4. The number of hydrogen-bond acceptors (Lipinski definition) is 4. The summed E-state index contributed by atoms with van der Waals surface area (Å²) in [5.74, 6) is -0.158. The Hall–Kier alpha value is -2.83. The van der Waals surface area contributed by atoms with Crippen LogP contribution >= 0.6 is 0 Å². The van der Waals surface area contributed by atoms with Crippen molar-refractivity contribution in [1.82, 2.24) is 15.1 Å². The van der Waals surface area contributed by atoms with Crippen molar-refractivity contribution < 1.29 is 10.0 Å². The van der Waals surface area contributed by atoms with Crippen molar-refractivity contribution in [3.63, 3.8) is 0 Å². The molecule has 1 aromatic heterocycles. The number of hydrogen-bond donors (Lipinski definition) is 3. The number of amidine groups is 1. The van der Waals surface area contributed by atoms with E-state index in [2.05, 4.69) is 15.6 Å². The number of nitrogens with one attached hydrogen (secondary N) is 1. The molecule has 1 aromatic carbocycles. The van der Waals surface area contributed by atoms with E-state index in [9.17, 15) is 4.79 Å². The van der Waals surface area contributed by atoms with Gasteiger partial charge in [0.05, 0.1) is 5.69 Å². The average Bonchev–Trinajstić information content (AvgIpc) is 2.92. The lowest BCUT2D eigenvalue weighted by atomic mass is 10.1. The summed E-state index contributed by atoms with van der Waals surface area (Å²) < 4.78 is 1.73. The van der Waals surface area contributed by atoms with Crippen LogP contribution in [0.1, 0.15) is 21.6 Å². The molecule has 0 fully saturated rings. The number of benzene rings is 1. The number of oxime groups is 1. The second-order valence-electron chi connectivity index (χ2n) is 4.55. The summed E-state index contributed by atoms with van der Waals surface area (Å²) in [5.41, 5.74) is 7.47. The molecular formula is C14H17N5O2. The van der Waals surface area contributed by atoms with Gasteiger partial charge in [0.1, 0.15) is 0 Å². The van der Waals surface area contributed by atoms with Crippen LogP contribution in [0.4, 0.5) is 0 Å². The van der Waals surface area contributed by atoms with Gasteiger partial charge in [-0.25, -0.2) is 0 Å². The number of carbonyl (C=O) groups is 1. The molecule has 0 saturated carbocycles. The van der Waals surface area contributed by atoms with E-state index < -0.39 is 0 Å². The van der Waals surface area contributed by atoms with Crippen molar-refractivity contribution in [1.29, 1.82) is 0 Å². The number of rotatable bonds is 5. The van der Waals surface area contributed by atoms with Crippen LogP contribution in [0, 0.1) is 0 Å². The predicted molar refractivity (Wildman–Crippen MR) is 78.2 cm³/mol. The third-order valence-corrected chi connectivity index (χ3v) is 2.99. The molecule has 1 amide bonds. The molecule has 0 unspecified atom stereocenters. The minimum absolute atomic E-state index is 0.0112. The first-order chi connectivity index (χ1) is 10.1. The number of amides is 1. The lowest BCUT2D eigenvalue weighted by molar-refractivity contribution is 0.0954. The third-order valence-electron chi connectivity index (χ3n) is 2.99. The van der Waals surface area contributed by atoms with Crippen molar-refractivity contribution >= 4 is 11.7 Å². The third kappa shape index (κ3) is 3.82. The summed E-state index contributed by atoms with van der Waals surface area (Å²) in [6.07, 6.45) is 2.54. The SMILES string of the molecule is Cn1ccc(CCNC(=O)c2ccc(/C(N)=N/O)cc2)n1. The van der Waals surface area contributed by atoms with E-state index in [1.54, 1.807) is 28.9 Å². The summed E-state index contributed by atoms with van der Waals surface area (Å²) in [6.45, 7) is 0.512. The molecule has 4 N–H and O–H groups in total. The van der Waals surface area contributed by atoms with E-state index in [0.717, 1.165) is 5.69 Å². The van der Waals surface area contributed by atoms with Gasteiger partial charge in [0.25, 0.3) is 5.91 Å². The minimum atomic E-state index is -0.169. The van der Waals surface area contributed by atoms with Crippen LogP contribution in [0.3, 0.4) is 0 Å². The number of nitrogens with two attached hydrogens (primary N) is 1. The fraction of sp³-hybridized carbons (Fsp3) is 0.214. The van der Waals surface area contributed by atoms with Crippen LogP contribution in [-0.2, 0) is 13.5 Å². The zero-order valence-electron chi connectivity index (χ0n) is 11.7. The molecule has 7 nitrogen and oxygen atoms in total. The molecule has 110 valence electrons. The van der Waals surface area contributed by atoms with Crippen molar-refractivity contribution in [2.24, 2.45) is 17.9 Å². The van der Waals surface area contributed by atoms with Crippen molar-refractivity contribution in [2.75, 3.05) is 6.54 Å². The lowest BCUT2D eigenvalue weighted by Gasteiger charge is -2.05. The summed E-state index contributed by atoms with van der Waals surface area (Å²) in [7, 11) is 1.85. The molecule has 2 rings (SSSR count). The van der Waals surface area contributed by atoms with Gasteiger partial charge in [-0.15, -0.1) is 0 Å². The molecule has 0 saturated heterocycles. The fourth-order valence-electron chi connectivity index (χ4n) is 1.85. The number of aryl methyl sites for hydroxylation is 1. The Bertz CT molecular complexity index is 646. The molecule has 0 radical (unpaired) electrons. The Morgan fingerprint density at radius 3 is 2.57 bits per heavy atom. The zero-order valence-corrected chi connectivity index (χ0v) is 11.7. The molecule has 0 spiro atoms. The maximum atomic E-state index is 11.9. The zero-order chi connectivity index (χ0) is 15.2. The van der Waals surface area contributed by atoms with Crippen LogP contribution in [0.2, 0.25) is 0 Å². The fourth-order valence-corrected chi connectivity index (χ4v) is 1.85. The number of nitrogens with zero attached hydrogens (tertiary/aromatic N) is 3. The Morgan fingerprint density at radius 2 is 2.00 bits per heavy atom. The van der Waals surface area contributed by atoms with Crippen LogP contribution < -0.4 is 11.1 Å². The summed E-state index contributed by atoms with van der Waals surface area (Å²) in [4.78, 5) is 11.9. The summed E-state index contributed by atoms with van der Waals surface area (Å²) in [6, 6.07) is 8.43. The standard InChI is InChI=1S/C14H17N5O2/c1-19-9-7-12(17-19)6-8-16-14(20)11-4-2-10(3-5-11)13(15)18-21/h2-5,7,9,21H,6,8H2,1H3,(H2,15,18)(H,16,20). The van der Waals surface area contributed by atoms with Crippen molar-refractivity contribution in [3.8, 4) is 0 Å². The van der Waals surface area contributed by atoms with Gasteiger partial charge in [0.2, 0.25) is 0 Å². The average molecular weight is 287 g/mol. The Morgan fingerprint density at radius 1 is 1.33 bits per heavy atom. The molecule has 1 heterocycles. The van der Waals surface area contributed by atoms with E-state index in [4.69, 9.17) is 10.9 Å². The maximum Gasteiger partial charge on any atom is 0.251 e. The number of aromatic nitrogens is 2. The first-order valence-electron chi connectivity index (χ1n) is 6.45. The first kappa shape index (κ1) is 14.6. The summed E-state index contributed by atoms with van der Waals surface area (Å²) in [5, 5.41) is 18.5. The smallest absolute Gasteiger partial charge is 0.251 e. The van der Waals surface area contributed by atoms with Gasteiger partial charge in [-0.1, -0.05) is 17.3 Å². The molecule has 0 atom stereocenters. The molecule has 0 bridgehead atoms. The quantitative estimate of drug-likeness (QED) is 0.322. The largest absolute Gasteiger partial charge is 0.409 e. The number of carbonyl (C=O) groups excluding carboxylic acids is 1. The van der Waals surface area contributed by atoms with Crippen LogP contribution in [0.25, 0.3) is 0 Å². The second kappa shape index (κ2) is 6.56. The lowest BCUT2D eigenvalue weighted by Crippen LogP contribution is -2.26. The van der Waals surface area contributed by atoms with E-state index in [1.807, 2.05) is 19.3 Å².